The summed E-state index contributed by atoms with van der Waals surface area (Å²) in [6.45, 7) is 4.62. The zero-order chi connectivity index (χ0) is 13.0. The van der Waals surface area contributed by atoms with Crippen LogP contribution in [-0.2, 0) is 9.59 Å². The Morgan fingerprint density at radius 1 is 1.12 bits per heavy atom. The molecule has 0 saturated heterocycles. The smallest absolute Gasteiger partial charge is 0.349 e. The molecular formula is C10H16F3NO2. The molecule has 0 unspecified atom stereocenters. The zero-order valence-corrected chi connectivity index (χ0v) is 9.57. The number of alkyl halides is 3. The van der Waals surface area contributed by atoms with Crippen LogP contribution >= 0.6 is 0 Å². The van der Waals surface area contributed by atoms with Gasteiger partial charge in [-0.05, 0) is 0 Å². The fourth-order valence-electron chi connectivity index (χ4n) is 0.814. The molecule has 0 rings (SSSR count). The quantitative estimate of drug-likeness (QED) is 0.816. The van der Waals surface area contributed by atoms with Gasteiger partial charge in [-0.2, -0.15) is 13.2 Å². The molecule has 0 aromatic heterocycles. The minimum Gasteiger partial charge on any atom is -0.349 e. The van der Waals surface area contributed by atoms with E-state index in [2.05, 4.69) is 5.32 Å². The third-order valence-electron chi connectivity index (χ3n) is 1.81. The number of hydrogen-bond donors (Lipinski definition) is 1. The lowest BCUT2D eigenvalue weighted by atomic mass is 9.95. The minimum absolute atomic E-state index is 0.341. The fraction of sp³-hybridized carbons (Fsp3) is 0.800. The van der Waals surface area contributed by atoms with Crippen molar-refractivity contribution in [3.63, 3.8) is 0 Å². The highest BCUT2D eigenvalue weighted by molar-refractivity contribution is 5.88. The maximum Gasteiger partial charge on any atom is 0.389 e. The SMILES string of the molecule is CC(C)(C)C(=O)NCC(=O)CCC(F)(F)F. The Labute approximate surface area is 92.4 Å². The van der Waals surface area contributed by atoms with Crippen LogP contribution in [0.15, 0.2) is 0 Å². The molecule has 16 heavy (non-hydrogen) atoms. The summed E-state index contributed by atoms with van der Waals surface area (Å²) < 4.78 is 35.3. The third kappa shape index (κ3) is 7.25. The van der Waals surface area contributed by atoms with E-state index in [0.717, 1.165) is 0 Å². The monoisotopic (exact) mass is 239 g/mol. The maximum atomic E-state index is 11.8. The van der Waals surface area contributed by atoms with Crippen LogP contribution in [0.25, 0.3) is 0 Å². The summed E-state index contributed by atoms with van der Waals surface area (Å²) in [6, 6.07) is 0. The number of amides is 1. The molecule has 94 valence electrons. The number of nitrogens with one attached hydrogen (secondary N) is 1. The molecule has 6 heteroatoms. The Balaban J connectivity index is 3.88. The van der Waals surface area contributed by atoms with Gasteiger partial charge in [-0.3, -0.25) is 9.59 Å². The zero-order valence-electron chi connectivity index (χ0n) is 9.57. The maximum absolute atomic E-state index is 11.8. The molecule has 0 aliphatic carbocycles. The molecule has 0 aliphatic rings. The first kappa shape index (κ1) is 14.9. The van der Waals surface area contributed by atoms with Gasteiger partial charge in [-0.1, -0.05) is 20.8 Å². The molecule has 0 spiro atoms. The van der Waals surface area contributed by atoms with Crippen molar-refractivity contribution in [2.75, 3.05) is 6.54 Å². The Morgan fingerprint density at radius 3 is 2.00 bits per heavy atom. The highest BCUT2D eigenvalue weighted by Gasteiger charge is 2.28. The van der Waals surface area contributed by atoms with Gasteiger partial charge in [0.25, 0.3) is 0 Å². The van der Waals surface area contributed by atoms with E-state index < -0.39 is 30.2 Å². The average molecular weight is 239 g/mol. The lowest BCUT2D eigenvalue weighted by Crippen LogP contribution is -2.38. The number of Topliss-reactive ketones (excluding diaryl/α,β-unsaturated/α-hetero) is 1. The number of ketones is 1. The van der Waals surface area contributed by atoms with Gasteiger partial charge in [0, 0.05) is 11.8 Å². The van der Waals surface area contributed by atoms with Crippen LogP contribution in [0.2, 0.25) is 0 Å². The molecule has 0 aromatic rings. The van der Waals surface area contributed by atoms with E-state index in [9.17, 15) is 22.8 Å². The topological polar surface area (TPSA) is 46.2 Å². The van der Waals surface area contributed by atoms with Gasteiger partial charge in [0.15, 0.2) is 5.78 Å². The van der Waals surface area contributed by atoms with Crippen molar-refractivity contribution in [1.29, 1.82) is 0 Å². The van der Waals surface area contributed by atoms with Crippen LogP contribution in [0, 0.1) is 5.41 Å². The van der Waals surface area contributed by atoms with Gasteiger partial charge in [0.05, 0.1) is 13.0 Å². The first-order valence-electron chi connectivity index (χ1n) is 4.89. The van der Waals surface area contributed by atoms with E-state index in [1.165, 1.54) is 0 Å². The molecule has 1 N–H and O–H groups in total. The van der Waals surface area contributed by atoms with Crippen molar-refractivity contribution >= 4 is 11.7 Å². The number of hydrogen-bond acceptors (Lipinski definition) is 2. The molecule has 1 amide bonds. The van der Waals surface area contributed by atoms with Crippen molar-refractivity contribution in [3.05, 3.63) is 0 Å². The molecule has 0 bridgehead atoms. The van der Waals surface area contributed by atoms with Gasteiger partial charge in [-0.25, -0.2) is 0 Å². The second-order valence-electron chi connectivity index (χ2n) is 4.59. The Hall–Kier alpha value is -1.07. The molecule has 3 nitrogen and oxygen atoms in total. The Bertz CT molecular complexity index is 266. The summed E-state index contributed by atoms with van der Waals surface area (Å²) in [4.78, 5) is 22.3. The summed E-state index contributed by atoms with van der Waals surface area (Å²) in [5.74, 6) is -0.970. The molecule has 0 radical (unpaired) electrons. The largest absolute Gasteiger partial charge is 0.389 e. The van der Waals surface area contributed by atoms with Crippen molar-refractivity contribution in [2.45, 2.75) is 39.8 Å². The van der Waals surface area contributed by atoms with Crippen LogP contribution in [0.4, 0.5) is 13.2 Å². The van der Waals surface area contributed by atoms with Crippen LogP contribution in [0.3, 0.4) is 0 Å². The molecular weight excluding hydrogens is 223 g/mol. The van der Waals surface area contributed by atoms with E-state index >= 15 is 0 Å². The van der Waals surface area contributed by atoms with Crippen LogP contribution in [0.5, 0.6) is 0 Å². The minimum atomic E-state index is -4.33. The van der Waals surface area contributed by atoms with Crippen molar-refractivity contribution < 1.29 is 22.8 Å². The van der Waals surface area contributed by atoms with Gasteiger partial charge >= 0.3 is 6.18 Å². The molecule has 0 heterocycles. The molecule has 0 saturated carbocycles. The second kappa shape index (κ2) is 5.32. The summed E-state index contributed by atoms with van der Waals surface area (Å²) in [6.07, 6.45) is -6.06. The van der Waals surface area contributed by atoms with Gasteiger partial charge in [-0.15, -0.1) is 0 Å². The highest BCUT2D eigenvalue weighted by Crippen LogP contribution is 2.21. The average Bonchev–Trinajstić information content (AvgIpc) is 2.08. The molecule has 0 atom stereocenters. The molecule has 0 aliphatic heterocycles. The van der Waals surface area contributed by atoms with Crippen molar-refractivity contribution in [1.82, 2.24) is 5.32 Å². The highest BCUT2D eigenvalue weighted by atomic mass is 19.4. The van der Waals surface area contributed by atoms with E-state index in [1.807, 2.05) is 0 Å². The summed E-state index contributed by atoms with van der Waals surface area (Å²) in [5.41, 5.74) is -0.649. The second-order valence-corrected chi connectivity index (χ2v) is 4.59. The Morgan fingerprint density at radius 2 is 1.62 bits per heavy atom. The van der Waals surface area contributed by atoms with Crippen molar-refractivity contribution in [3.8, 4) is 0 Å². The van der Waals surface area contributed by atoms with E-state index in [1.54, 1.807) is 20.8 Å². The third-order valence-corrected chi connectivity index (χ3v) is 1.81. The van der Waals surface area contributed by atoms with E-state index in [-0.39, 0.29) is 12.5 Å². The van der Waals surface area contributed by atoms with Crippen LogP contribution in [-0.4, -0.2) is 24.4 Å². The lowest BCUT2D eigenvalue weighted by molar-refractivity contribution is -0.143. The van der Waals surface area contributed by atoms with Crippen LogP contribution in [0.1, 0.15) is 33.6 Å². The molecule has 0 aromatic carbocycles. The first-order chi connectivity index (χ1) is 7.02. The van der Waals surface area contributed by atoms with Crippen molar-refractivity contribution in [2.24, 2.45) is 5.41 Å². The molecule has 0 fully saturated rings. The number of halogens is 3. The van der Waals surface area contributed by atoms with E-state index in [0.29, 0.717) is 0 Å². The standard InChI is InChI=1S/C10H16F3NO2/c1-9(2,3)8(16)14-6-7(15)4-5-10(11,12)13/h4-6H2,1-3H3,(H,14,16). The number of carbonyl (C=O) groups excluding carboxylic acids is 2. The predicted octanol–water partition coefficient (Wildman–Crippen LogP) is 2.06. The van der Waals surface area contributed by atoms with E-state index in [4.69, 9.17) is 0 Å². The summed E-state index contributed by atoms with van der Waals surface area (Å²) >= 11 is 0. The summed E-state index contributed by atoms with van der Waals surface area (Å²) in [7, 11) is 0. The normalized spacial score (nSPS) is 12.4. The Kier molecular flexibility index (Phi) is 4.96. The van der Waals surface area contributed by atoms with Gasteiger partial charge in [0.1, 0.15) is 0 Å². The van der Waals surface area contributed by atoms with Gasteiger partial charge in [0.2, 0.25) is 5.91 Å². The summed E-state index contributed by atoms with van der Waals surface area (Å²) in [5, 5.41) is 2.30. The first-order valence-corrected chi connectivity index (χ1v) is 4.89. The predicted molar refractivity (Wildman–Crippen MR) is 52.8 cm³/mol. The fourth-order valence-corrected chi connectivity index (χ4v) is 0.814. The van der Waals surface area contributed by atoms with Crippen LogP contribution < -0.4 is 5.32 Å². The van der Waals surface area contributed by atoms with Gasteiger partial charge < -0.3 is 5.32 Å². The number of rotatable bonds is 4. The lowest BCUT2D eigenvalue weighted by Gasteiger charge is -2.17. The number of carbonyl (C=O) groups is 2.